The second kappa shape index (κ2) is 4.04. The predicted octanol–water partition coefficient (Wildman–Crippen LogP) is 1.66. The third kappa shape index (κ3) is 2.15. The van der Waals surface area contributed by atoms with E-state index in [0.29, 0.717) is 11.1 Å². The van der Waals surface area contributed by atoms with Crippen LogP contribution in [0, 0.1) is 17.9 Å². The summed E-state index contributed by atoms with van der Waals surface area (Å²) < 4.78 is 0. The number of Topliss-reactive ketones (excluding diaryl/α,β-unsaturated/α-hetero) is 1. The van der Waals surface area contributed by atoms with Crippen molar-refractivity contribution < 1.29 is 4.79 Å². The number of benzene rings is 1. The van der Waals surface area contributed by atoms with Gasteiger partial charge in [0.15, 0.2) is 0 Å². The molecule has 0 saturated heterocycles. The van der Waals surface area contributed by atoms with Crippen molar-refractivity contribution in [2.45, 2.75) is 0 Å². The highest BCUT2D eigenvalue weighted by Gasteiger charge is 2.07. The molecule has 0 heterocycles. The number of hydrogen-bond acceptors (Lipinski definition) is 2. The lowest BCUT2D eigenvalue weighted by Crippen LogP contribution is -2.01. The van der Waals surface area contributed by atoms with Crippen molar-refractivity contribution in [1.29, 1.82) is 5.26 Å². The van der Waals surface area contributed by atoms with Gasteiger partial charge in [-0.25, -0.2) is 6.57 Å². The molecule has 0 fully saturated rings. The molecule has 0 aliphatic carbocycles. The van der Waals surface area contributed by atoms with Gasteiger partial charge in [-0.3, -0.25) is 4.79 Å². The van der Waals surface area contributed by atoms with E-state index in [0.717, 1.165) is 0 Å². The Morgan fingerprint density at radius 3 is 3.00 bits per heavy atom. The maximum Gasteiger partial charge on any atom is 0.276 e. The maximum absolute atomic E-state index is 11.2. The van der Waals surface area contributed by atoms with Gasteiger partial charge in [0.2, 0.25) is 5.78 Å². The summed E-state index contributed by atoms with van der Waals surface area (Å²) in [5.74, 6) is -0.243. The molecule has 0 N–H and O–H groups in total. The lowest BCUT2D eigenvalue weighted by atomic mass is 10.1. The van der Waals surface area contributed by atoms with Gasteiger partial charge >= 0.3 is 0 Å². The Bertz CT molecular complexity index is 410. The highest BCUT2D eigenvalue weighted by molar-refractivity contribution is 5.98. The zero-order chi connectivity index (χ0) is 9.68. The maximum atomic E-state index is 11.2. The number of carbonyl (C=O) groups excluding carboxylic acids is 1. The van der Waals surface area contributed by atoms with Crippen LogP contribution < -0.4 is 0 Å². The van der Waals surface area contributed by atoms with Crippen LogP contribution in [-0.4, -0.2) is 12.3 Å². The topological polar surface area (TPSA) is 45.2 Å². The molecule has 1 rings (SSSR count). The molecule has 13 heavy (non-hydrogen) atoms. The molecule has 1 aromatic carbocycles. The van der Waals surface area contributed by atoms with Crippen molar-refractivity contribution in [3.05, 3.63) is 46.8 Å². The predicted molar refractivity (Wildman–Crippen MR) is 47.0 cm³/mol. The van der Waals surface area contributed by atoms with E-state index < -0.39 is 0 Å². The number of rotatable bonds is 2. The van der Waals surface area contributed by atoms with Crippen molar-refractivity contribution in [2.24, 2.45) is 0 Å². The first kappa shape index (κ1) is 8.96. The molecule has 3 heteroatoms. The van der Waals surface area contributed by atoms with E-state index in [1.807, 2.05) is 6.07 Å². The Morgan fingerprint density at radius 2 is 2.38 bits per heavy atom. The van der Waals surface area contributed by atoms with Gasteiger partial charge in [0.1, 0.15) is 0 Å². The second-order valence-corrected chi connectivity index (χ2v) is 2.43. The molecule has 0 amide bonds. The molecule has 0 radical (unpaired) electrons. The Hall–Kier alpha value is -2.13. The van der Waals surface area contributed by atoms with E-state index in [1.54, 1.807) is 18.2 Å². The normalized spacial score (nSPS) is 8.46. The van der Waals surface area contributed by atoms with Crippen LogP contribution in [-0.2, 0) is 0 Å². The van der Waals surface area contributed by atoms with E-state index >= 15 is 0 Å². The fraction of sp³-hybridized carbons (Fsp3) is 0.100. The molecule has 3 nitrogen and oxygen atoms in total. The summed E-state index contributed by atoms with van der Waals surface area (Å²) in [6.45, 7) is 6.36. The van der Waals surface area contributed by atoms with Gasteiger partial charge in [-0.1, -0.05) is 12.1 Å². The highest BCUT2D eigenvalue weighted by atomic mass is 16.1. The average molecular weight is 170 g/mol. The molecular weight excluding hydrogens is 164 g/mol. The molecule has 0 aromatic heterocycles. The van der Waals surface area contributed by atoms with Crippen LogP contribution in [0.15, 0.2) is 24.3 Å². The number of ketones is 1. The molecule has 0 aliphatic heterocycles. The Kier molecular flexibility index (Phi) is 2.78. The Labute approximate surface area is 76.0 Å². The van der Waals surface area contributed by atoms with Crippen LogP contribution in [0.3, 0.4) is 0 Å². The molecule has 0 saturated carbocycles. The first-order valence-electron chi connectivity index (χ1n) is 3.64. The molecule has 0 atom stereocenters. The van der Waals surface area contributed by atoms with E-state index in [1.165, 1.54) is 6.07 Å². The zero-order valence-corrected chi connectivity index (χ0v) is 6.82. The first-order valence-corrected chi connectivity index (χ1v) is 3.64. The minimum Gasteiger partial charge on any atom is -0.308 e. The molecule has 0 unspecified atom stereocenters. The summed E-state index contributed by atoms with van der Waals surface area (Å²) in [6.07, 6.45) is 0. The van der Waals surface area contributed by atoms with E-state index in [4.69, 9.17) is 11.8 Å². The third-order valence-corrected chi connectivity index (χ3v) is 1.54. The molecule has 1 aromatic rings. The van der Waals surface area contributed by atoms with E-state index in [-0.39, 0.29) is 12.3 Å². The average Bonchev–Trinajstić information content (AvgIpc) is 2.18. The molecule has 62 valence electrons. The number of nitriles is 1. The molecule has 0 bridgehead atoms. The zero-order valence-electron chi connectivity index (χ0n) is 6.82. The summed E-state index contributed by atoms with van der Waals surface area (Å²) in [4.78, 5) is 14.2. The SMILES string of the molecule is [C-]#[N+]CC(=O)c1cccc(C#N)c1. The number of nitrogens with zero attached hydrogens (tertiary/aromatic N) is 2. The lowest BCUT2D eigenvalue weighted by molar-refractivity contribution is 0.101. The fourth-order valence-corrected chi connectivity index (χ4v) is 0.925. The van der Waals surface area contributed by atoms with Crippen LogP contribution in [0.2, 0.25) is 0 Å². The van der Waals surface area contributed by atoms with E-state index in [2.05, 4.69) is 4.85 Å². The Balaban J connectivity index is 2.98. The largest absolute Gasteiger partial charge is 0.308 e. The smallest absolute Gasteiger partial charge is 0.276 e. The van der Waals surface area contributed by atoms with Crippen LogP contribution >= 0.6 is 0 Å². The van der Waals surface area contributed by atoms with Crippen LogP contribution in [0.1, 0.15) is 15.9 Å². The van der Waals surface area contributed by atoms with Gasteiger partial charge in [-0.15, -0.1) is 0 Å². The Morgan fingerprint density at radius 1 is 1.62 bits per heavy atom. The molecular formula is C10H6N2O. The summed E-state index contributed by atoms with van der Waals surface area (Å²) in [7, 11) is 0. The molecule has 0 spiro atoms. The van der Waals surface area contributed by atoms with Gasteiger partial charge in [-0.2, -0.15) is 5.26 Å². The van der Waals surface area contributed by atoms with Crippen LogP contribution in [0.5, 0.6) is 0 Å². The van der Waals surface area contributed by atoms with Crippen LogP contribution in [0.25, 0.3) is 4.85 Å². The number of carbonyl (C=O) groups is 1. The van der Waals surface area contributed by atoms with Crippen molar-refractivity contribution in [2.75, 3.05) is 6.54 Å². The standard InChI is InChI=1S/C10H6N2O/c1-12-7-10(13)9-4-2-3-8(5-9)6-11/h2-5H,7H2. The number of hydrogen-bond donors (Lipinski definition) is 0. The fourth-order valence-electron chi connectivity index (χ4n) is 0.925. The minimum atomic E-state index is -0.243. The second-order valence-electron chi connectivity index (χ2n) is 2.43. The summed E-state index contributed by atoms with van der Waals surface area (Å²) in [5, 5.41) is 8.55. The van der Waals surface area contributed by atoms with Gasteiger partial charge in [0.05, 0.1) is 11.6 Å². The van der Waals surface area contributed by atoms with Crippen molar-refractivity contribution in [3.63, 3.8) is 0 Å². The van der Waals surface area contributed by atoms with Crippen molar-refractivity contribution >= 4 is 5.78 Å². The summed E-state index contributed by atoms with van der Waals surface area (Å²) in [5.41, 5.74) is 0.867. The minimum absolute atomic E-state index is 0.158. The van der Waals surface area contributed by atoms with E-state index in [9.17, 15) is 4.79 Å². The van der Waals surface area contributed by atoms with Crippen molar-refractivity contribution in [3.8, 4) is 6.07 Å². The third-order valence-electron chi connectivity index (χ3n) is 1.54. The quantitative estimate of drug-likeness (QED) is 0.500. The highest BCUT2D eigenvalue weighted by Crippen LogP contribution is 2.04. The van der Waals surface area contributed by atoms with Gasteiger partial charge in [-0.05, 0) is 12.1 Å². The molecule has 0 aliphatic rings. The van der Waals surface area contributed by atoms with Gasteiger partial charge in [0.25, 0.3) is 6.54 Å². The first-order chi connectivity index (χ1) is 6.27. The lowest BCUT2D eigenvalue weighted by Gasteiger charge is -1.93. The van der Waals surface area contributed by atoms with Gasteiger partial charge < -0.3 is 4.85 Å². The van der Waals surface area contributed by atoms with Crippen molar-refractivity contribution in [1.82, 2.24) is 0 Å². The monoisotopic (exact) mass is 170 g/mol. The summed E-state index contributed by atoms with van der Waals surface area (Å²) in [6, 6.07) is 8.29. The summed E-state index contributed by atoms with van der Waals surface area (Å²) >= 11 is 0. The van der Waals surface area contributed by atoms with Crippen LogP contribution in [0.4, 0.5) is 0 Å². The van der Waals surface area contributed by atoms with Gasteiger partial charge in [0, 0.05) is 5.56 Å².